The molecule has 0 saturated carbocycles. The van der Waals surface area contributed by atoms with Gasteiger partial charge in [0.1, 0.15) is 17.1 Å². The van der Waals surface area contributed by atoms with Crippen LogP contribution in [0, 0.1) is 11.3 Å². The number of hydrogen-bond acceptors (Lipinski definition) is 4. The number of aromatic nitrogens is 3. The number of fused-ring (bicyclic) bond motifs is 4. The Bertz CT molecular complexity index is 1130. The highest BCUT2D eigenvalue weighted by Crippen LogP contribution is 2.36. The van der Waals surface area contributed by atoms with Crippen molar-refractivity contribution >= 4 is 33.1 Å². The summed E-state index contributed by atoms with van der Waals surface area (Å²) < 4.78 is 0. The molecule has 1 aliphatic rings. The van der Waals surface area contributed by atoms with Crippen LogP contribution in [0.3, 0.4) is 0 Å². The van der Waals surface area contributed by atoms with E-state index in [-0.39, 0.29) is 0 Å². The van der Waals surface area contributed by atoms with Gasteiger partial charge in [-0.3, -0.25) is 0 Å². The van der Waals surface area contributed by atoms with Crippen LogP contribution in [0.1, 0.15) is 28.8 Å². The molecule has 0 fully saturated rings. The third-order valence-corrected chi connectivity index (χ3v) is 5.98. The van der Waals surface area contributed by atoms with Crippen LogP contribution in [-0.2, 0) is 12.8 Å². The lowest BCUT2D eigenvalue weighted by Crippen LogP contribution is -2.01. The molecule has 5 heteroatoms. The van der Waals surface area contributed by atoms with Gasteiger partial charge in [-0.2, -0.15) is 5.26 Å². The molecule has 0 spiro atoms. The molecule has 24 heavy (non-hydrogen) atoms. The Labute approximate surface area is 142 Å². The van der Waals surface area contributed by atoms with Crippen LogP contribution in [0.2, 0.25) is 0 Å². The van der Waals surface area contributed by atoms with Crippen molar-refractivity contribution in [3.63, 3.8) is 0 Å². The average molecular weight is 330 g/mol. The van der Waals surface area contributed by atoms with Crippen LogP contribution in [-0.4, -0.2) is 15.0 Å². The molecule has 4 nitrogen and oxygen atoms in total. The molecule has 2 heterocycles. The van der Waals surface area contributed by atoms with E-state index in [2.05, 4.69) is 29.4 Å². The largest absolute Gasteiger partial charge is 0.192 e. The quantitative estimate of drug-likeness (QED) is 0.520. The van der Waals surface area contributed by atoms with Gasteiger partial charge in [-0.05, 0) is 42.7 Å². The van der Waals surface area contributed by atoms with E-state index in [0.29, 0.717) is 0 Å². The smallest absolute Gasteiger partial charge is 0.157 e. The first-order valence-corrected chi connectivity index (χ1v) is 8.96. The van der Waals surface area contributed by atoms with Crippen LogP contribution in [0.4, 0.5) is 0 Å². The monoisotopic (exact) mass is 330 g/mol. The van der Waals surface area contributed by atoms with Crippen molar-refractivity contribution < 1.29 is 0 Å². The molecule has 4 aromatic rings. The van der Waals surface area contributed by atoms with Crippen LogP contribution in [0.25, 0.3) is 26.8 Å². The second-order valence-electron chi connectivity index (χ2n) is 6.15. The van der Waals surface area contributed by atoms with Gasteiger partial charge in [-0.1, -0.05) is 30.3 Å². The zero-order chi connectivity index (χ0) is 16.1. The summed E-state index contributed by atoms with van der Waals surface area (Å²) in [5.41, 5.74) is 3.74. The van der Waals surface area contributed by atoms with Gasteiger partial charge < -0.3 is 0 Å². The minimum Gasteiger partial charge on any atom is -0.192 e. The predicted octanol–water partition coefficient (Wildman–Crippen LogP) is 4.39. The summed E-state index contributed by atoms with van der Waals surface area (Å²) in [6.45, 7) is 0. The highest BCUT2D eigenvalue weighted by Gasteiger charge is 2.23. The zero-order valence-electron chi connectivity index (χ0n) is 13.0. The Morgan fingerprint density at radius 2 is 1.92 bits per heavy atom. The fourth-order valence-corrected chi connectivity index (χ4v) is 4.79. The van der Waals surface area contributed by atoms with E-state index >= 15 is 0 Å². The van der Waals surface area contributed by atoms with E-state index in [9.17, 15) is 5.26 Å². The van der Waals surface area contributed by atoms with Crippen LogP contribution >= 0.6 is 11.3 Å². The first-order valence-electron chi connectivity index (χ1n) is 8.15. The van der Waals surface area contributed by atoms with Gasteiger partial charge in [-0.25, -0.2) is 0 Å². The van der Waals surface area contributed by atoms with Gasteiger partial charge in [-0.15, -0.1) is 26.3 Å². The third kappa shape index (κ3) is 1.90. The van der Waals surface area contributed by atoms with Crippen molar-refractivity contribution in [1.82, 2.24) is 15.0 Å². The minimum atomic E-state index is 0.763. The molecule has 0 aliphatic heterocycles. The average Bonchev–Trinajstić information content (AvgIpc) is 3.22. The fourth-order valence-electron chi connectivity index (χ4n) is 3.55. The first kappa shape index (κ1) is 13.7. The standard InChI is InChI=1S/C19H14N4S/c20-11-15-14-7-3-4-8-17(14)24-19(15)23-21-16-10-9-12-5-1-2-6-13(12)18(16)22-23/h1-2,5-6,9-10H,3-4,7-8H2. The Kier molecular flexibility index (Phi) is 2.94. The molecule has 1 aliphatic carbocycles. The fraction of sp³-hybridized carbons (Fsp3) is 0.211. The number of thiophene rings is 1. The maximum absolute atomic E-state index is 9.66. The van der Waals surface area contributed by atoms with Crippen molar-refractivity contribution in [3.05, 3.63) is 52.4 Å². The highest BCUT2D eigenvalue weighted by atomic mass is 32.1. The number of nitrogens with zero attached hydrogens (tertiary/aromatic N) is 4. The summed E-state index contributed by atoms with van der Waals surface area (Å²) >= 11 is 1.68. The van der Waals surface area contributed by atoms with Crippen molar-refractivity contribution in [1.29, 1.82) is 5.26 Å². The van der Waals surface area contributed by atoms with E-state index in [1.54, 1.807) is 16.1 Å². The van der Waals surface area contributed by atoms with Crippen LogP contribution in [0.15, 0.2) is 36.4 Å². The van der Waals surface area contributed by atoms with E-state index in [1.165, 1.54) is 16.9 Å². The maximum atomic E-state index is 9.66. The summed E-state index contributed by atoms with van der Waals surface area (Å²) in [6, 6.07) is 14.7. The van der Waals surface area contributed by atoms with Gasteiger partial charge in [0.2, 0.25) is 0 Å². The number of nitriles is 1. The summed E-state index contributed by atoms with van der Waals surface area (Å²) in [6.07, 6.45) is 4.44. The Morgan fingerprint density at radius 3 is 2.83 bits per heavy atom. The molecular formula is C19H14N4S. The molecule has 0 atom stereocenters. The van der Waals surface area contributed by atoms with Gasteiger partial charge in [0.15, 0.2) is 5.00 Å². The summed E-state index contributed by atoms with van der Waals surface area (Å²) in [7, 11) is 0. The molecule has 2 aromatic heterocycles. The topological polar surface area (TPSA) is 54.5 Å². The molecule has 0 N–H and O–H groups in total. The first-order chi connectivity index (χ1) is 11.8. The number of rotatable bonds is 1. The van der Waals surface area contributed by atoms with Crippen molar-refractivity contribution in [3.8, 4) is 11.1 Å². The van der Waals surface area contributed by atoms with Crippen LogP contribution < -0.4 is 0 Å². The van der Waals surface area contributed by atoms with Gasteiger partial charge >= 0.3 is 0 Å². The molecule has 0 unspecified atom stereocenters. The van der Waals surface area contributed by atoms with Crippen molar-refractivity contribution in [2.75, 3.05) is 0 Å². The molecule has 116 valence electrons. The molecule has 5 rings (SSSR count). The molecule has 0 amide bonds. The predicted molar refractivity (Wildman–Crippen MR) is 95.6 cm³/mol. The van der Waals surface area contributed by atoms with Crippen molar-refractivity contribution in [2.45, 2.75) is 25.7 Å². The lowest BCUT2D eigenvalue weighted by Gasteiger charge is -2.09. The second kappa shape index (κ2) is 5.15. The lowest BCUT2D eigenvalue weighted by molar-refractivity contribution is 0.695. The van der Waals surface area contributed by atoms with Gasteiger partial charge in [0.25, 0.3) is 0 Å². The van der Waals surface area contributed by atoms with E-state index in [1.807, 2.05) is 18.2 Å². The minimum absolute atomic E-state index is 0.763. The number of benzene rings is 2. The lowest BCUT2D eigenvalue weighted by atomic mass is 9.96. The van der Waals surface area contributed by atoms with E-state index in [0.717, 1.165) is 51.6 Å². The molecule has 2 aromatic carbocycles. The summed E-state index contributed by atoms with van der Waals surface area (Å²) in [4.78, 5) is 3.00. The van der Waals surface area contributed by atoms with Crippen molar-refractivity contribution in [2.24, 2.45) is 0 Å². The summed E-state index contributed by atoms with van der Waals surface area (Å²) in [5.74, 6) is 0. The second-order valence-corrected chi connectivity index (χ2v) is 7.23. The summed E-state index contributed by atoms with van der Waals surface area (Å²) in [5, 5.41) is 22.2. The number of aryl methyl sites for hydroxylation is 1. The third-order valence-electron chi connectivity index (χ3n) is 4.72. The Hall–Kier alpha value is -2.71. The normalized spacial score (nSPS) is 14.0. The molecule has 0 bridgehead atoms. The maximum Gasteiger partial charge on any atom is 0.157 e. The van der Waals surface area contributed by atoms with Crippen LogP contribution in [0.5, 0.6) is 0 Å². The zero-order valence-corrected chi connectivity index (χ0v) is 13.8. The Balaban J connectivity index is 1.77. The SMILES string of the molecule is N#Cc1c(-n2nc3ccc4ccccc4c3n2)sc2c1CCCC2. The molecule has 0 radical (unpaired) electrons. The van der Waals surface area contributed by atoms with E-state index < -0.39 is 0 Å². The molecule has 0 saturated heterocycles. The highest BCUT2D eigenvalue weighted by molar-refractivity contribution is 7.15. The van der Waals surface area contributed by atoms with Gasteiger partial charge in [0.05, 0.1) is 5.56 Å². The van der Waals surface area contributed by atoms with E-state index in [4.69, 9.17) is 5.10 Å². The number of hydrogen-bond donors (Lipinski definition) is 0. The molecular weight excluding hydrogens is 316 g/mol. The van der Waals surface area contributed by atoms with Gasteiger partial charge in [0, 0.05) is 10.3 Å². The Morgan fingerprint density at radius 1 is 1.04 bits per heavy atom.